The Morgan fingerprint density at radius 3 is 3.00 bits per heavy atom. The summed E-state index contributed by atoms with van der Waals surface area (Å²) in [5, 5.41) is 3.42. The number of nitrogens with one attached hydrogen (secondary N) is 1. The molecule has 0 aromatic carbocycles. The van der Waals surface area contributed by atoms with Crippen LogP contribution in [0.5, 0.6) is 0 Å². The van der Waals surface area contributed by atoms with Gasteiger partial charge in [-0.05, 0) is 50.3 Å². The normalized spacial score (nSPS) is 23.5. The maximum atomic E-state index is 4.45. The summed E-state index contributed by atoms with van der Waals surface area (Å²) in [6.45, 7) is 4.40. The minimum Gasteiger partial charge on any atom is -0.365 e. The average molecular weight is 232 g/mol. The van der Waals surface area contributed by atoms with Crippen LogP contribution in [0.2, 0.25) is 0 Å². The Bertz CT molecular complexity index is 482. The largest absolute Gasteiger partial charge is 0.365 e. The molecule has 0 amide bonds. The van der Waals surface area contributed by atoms with E-state index in [2.05, 4.69) is 30.2 Å². The van der Waals surface area contributed by atoms with Crippen molar-refractivity contribution in [2.75, 3.05) is 0 Å². The topological polar surface area (TPSA) is 24.4 Å². The minimum atomic E-state index is 0.389. The monoisotopic (exact) mass is 232 g/mol. The van der Waals surface area contributed by atoms with Crippen molar-refractivity contribution in [1.82, 2.24) is 5.32 Å². The molecule has 1 atom stereocenters. The zero-order valence-corrected chi connectivity index (χ0v) is 10.5. The fraction of sp³-hybridized carbons (Fsp3) is 0.462. The summed E-state index contributed by atoms with van der Waals surface area (Å²) in [6, 6.07) is 2.71. The standard InChI is InChI=1S/C13H16N2S/c1-8-6-11(9(2)16-8)13-10-4-3-5-12(10)14-7-15-13/h6-7,13H,3-5H2,1-2H3,(H,14,15). The Balaban J connectivity index is 2.02. The Morgan fingerprint density at radius 2 is 2.25 bits per heavy atom. The van der Waals surface area contributed by atoms with Gasteiger partial charge >= 0.3 is 0 Å². The molecule has 1 N–H and O–H groups in total. The maximum absolute atomic E-state index is 4.45. The van der Waals surface area contributed by atoms with E-state index in [1.54, 1.807) is 0 Å². The second-order valence-corrected chi connectivity index (χ2v) is 6.01. The van der Waals surface area contributed by atoms with Crippen molar-refractivity contribution in [2.24, 2.45) is 4.99 Å². The van der Waals surface area contributed by atoms with Gasteiger partial charge in [0.2, 0.25) is 0 Å². The fourth-order valence-electron chi connectivity index (χ4n) is 2.71. The zero-order valence-electron chi connectivity index (χ0n) is 9.71. The van der Waals surface area contributed by atoms with Crippen LogP contribution in [0.25, 0.3) is 0 Å². The molecule has 0 saturated heterocycles. The first-order chi connectivity index (χ1) is 7.75. The molecule has 0 bridgehead atoms. The summed E-state index contributed by atoms with van der Waals surface area (Å²) in [6.07, 6.45) is 5.51. The quantitative estimate of drug-likeness (QED) is 0.787. The number of nitrogens with zero attached hydrogens (tertiary/aromatic N) is 1. The van der Waals surface area contributed by atoms with E-state index in [1.165, 1.54) is 39.4 Å². The molecule has 0 radical (unpaired) electrons. The molecule has 1 aliphatic heterocycles. The van der Waals surface area contributed by atoms with Crippen molar-refractivity contribution in [1.29, 1.82) is 0 Å². The van der Waals surface area contributed by atoms with E-state index in [-0.39, 0.29) is 0 Å². The number of aliphatic imine (C=N–C) groups is 1. The fourth-order valence-corrected chi connectivity index (χ4v) is 3.68. The van der Waals surface area contributed by atoms with Crippen molar-refractivity contribution < 1.29 is 0 Å². The predicted molar refractivity (Wildman–Crippen MR) is 69.0 cm³/mol. The van der Waals surface area contributed by atoms with E-state index in [4.69, 9.17) is 0 Å². The van der Waals surface area contributed by atoms with Crippen LogP contribution in [0.4, 0.5) is 0 Å². The highest BCUT2D eigenvalue weighted by Crippen LogP contribution is 2.40. The number of hydrogen-bond acceptors (Lipinski definition) is 3. The SMILES string of the molecule is Cc1cc(C2NC=NC3=C2CCC3)c(C)s1. The molecule has 3 rings (SSSR count). The summed E-state index contributed by atoms with van der Waals surface area (Å²) in [7, 11) is 0. The first-order valence-corrected chi connectivity index (χ1v) is 6.65. The van der Waals surface area contributed by atoms with Crippen molar-refractivity contribution in [3.8, 4) is 0 Å². The Labute approximate surface area is 100 Å². The summed E-state index contributed by atoms with van der Waals surface area (Å²) >= 11 is 1.89. The van der Waals surface area contributed by atoms with Crippen molar-refractivity contribution in [3.63, 3.8) is 0 Å². The maximum Gasteiger partial charge on any atom is 0.0889 e. The lowest BCUT2D eigenvalue weighted by atomic mass is 9.97. The lowest BCUT2D eigenvalue weighted by Gasteiger charge is -2.22. The van der Waals surface area contributed by atoms with Crippen molar-refractivity contribution >= 4 is 17.7 Å². The van der Waals surface area contributed by atoms with E-state index in [0.29, 0.717) is 6.04 Å². The van der Waals surface area contributed by atoms with Crippen LogP contribution in [0.1, 0.15) is 40.6 Å². The molecule has 1 aromatic rings. The van der Waals surface area contributed by atoms with Gasteiger partial charge in [0.05, 0.1) is 12.4 Å². The van der Waals surface area contributed by atoms with E-state index in [1.807, 2.05) is 17.7 Å². The van der Waals surface area contributed by atoms with Crippen LogP contribution in [0, 0.1) is 13.8 Å². The molecule has 2 nitrogen and oxygen atoms in total. The second-order valence-electron chi connectivity index (χ2n) is 4.55. The minimum absolute atomic E-state index is 0.389. The Morgan fingerprint density at radius 1 is 1.38 bits per heavy atom. The highest BCUT2D eigenvalue weighted by atomic mass is 32.1. The molecule has 1 aliphatic carbocycles. The van der Waals surface area contributed by atoms with Gasteiger partial charge in [-0.2, -0.15) is 0 Å². The molecule has 1 aromatic heterocycles. The molecule has 84 valence electrons. The third-order valence-corrected chi connectivity index (χ3v) is 4.41. The zero-order chi connectivity index (χ0) is 11.1. The third kappa shape index (κ3) is 1.50. The van der Waals surface area contributed by atoms with E-state index >= 15 is 0 Å². The summed E-state index contributed by atoms with van der Waals surface area (Å²) in [4.78, 5) is 7.28. The summed E-state index contributed by atoms with van der Waals surface area (Å²) in [5.74, 6) is 0. The lowest BCUT2D eigenvalue weighted by molar-refractivity contribution is 0.708. The van der Waals surface area contributed by atoms with Crippen molar-refractivity contribution in [2.45, 2.75) is 39.2 Å². The highest BCUT2D eigenvalue weighted by molar-refractivity contribution is 7.12. The highest BCUT2D eigenvalue weighted by Gasteiger charge is 2.27. The van der Waals surface area contributed by atoms with Gasteiger partial charge < -0.3 is 5.32 Å². The van der Waals surface area contributed by atoms with E-state index in [0.717, 1.165) is 6.42 Å². The molecular weight excluding hydrogens is 216 g/mol. The number of rotatable bonds is 1. The number of thiophene rings is 1. The number of aryl methyl sites for hydroxylation is 2. The van der Waals surface area contributed by atoms with Gasteiger partial charge in [-0.3, -0.25) is 0 Å². The molecule has 2 aliphatic rings. The summed E-state index contributed by atoms with van der Waals surface area (Å²) in [5.41, 5.74) is 4.29. The predicted octanol–water partition coefficient (Wildman–Crippen LogP) is 3.48. The summed E-state index contributed by atoms with van der Waals surface area (Å²) < 4.78 is 0. The first kappa shape index (κ1) is 10.1. The Kier molecular flexibility index (Phi) is 2.36. The lowest BCUT2D eigenvalue weighted by Crippen LogP contribution is -2.24. The molecular formula is C13H16N2S. The molecule has 0 spiro atoms. The van der Waals surface area contributed by atoms with Crippen LogP contribution in [0.15, 0.2) is 22.3 Å². The third-order valence-electron chi connectivity index (χ3n) is 3.43. The van der Waals surface area contributed by atoms with E-state index in [9.17, 15) is 0 Å². The second kappa shape index (κ2) is 3.74. The van der Waals surface area contributed by atoms with Crippen LogP contribution in [-0.4, -0.2) is 6.34 Å². The number of hydrogen-bond donors (Lipinski definition) is 1. The van der Waals surface area contributed by atoms with Gasteiger partial charge in [0, 0.05) is 15.5 Å². The molecule has 0 fully saturated rings. The van der Waals surface area contributed by atoms with Gasteiger partial charge in [0.1, 0.15) is 0 Å². The van der Waals surface area contributed by atoms with Gasteiger partial charge in [-0.25, -0.2) is 4.99 Å². The first-order valence-electron chi connectivity index (χ1n) is 5.83. The molecule has 0 saturated carbocycles. The van der Waals surface area contributed by atoms with Gasteiger partial charge in [0.15, 0.2) is 0 Å². The van der Waals surface area contributed by atoms with Crippen LogP contribution < -0.4 is 5.32 Å². The van der Waals surface area contributed by atoms with Gasteiger partial charge in [-0.15, -0.1) is 11.3 Å². The van der Waals surface area contributed by atoms with Crippen LogP contribution in [-0.2, 0) is 0 Å². The molecule has 1 unspecified atom stereocenters. The van der Waals surface area contributed by atoms with Crippen molar-refractivity contribution in [3.05, 3.63) is 32.7 Å². The van der Waals surface area contributed by atoms with Gasteiger partial charge in [0.25, 0.3) is 0 Å². The molecule has 2 heterocycles. The molecule has 3 heteroatoms. The smallest absolute Gasteiger partial charge is 0.0889 e. The van der Waals surface area contributed by atoms with Gasteiger partial charge in [-0.1, -0.05) is 0 Å². The van der Waals surface area contributed by atoms with Crippen LogP contribution >= 0.6 is 11.3 Å². The number of allylic oxidation sites excluding steroid dienone is 1. The molecule has 16 heavy (non-hydrogen) atoms. The van der Waals surface area contributed by atoms with E-state index < -0.39 is 0 Å². The van der Waals surface area contributed by atoms with Crippen LogP contribution in [0.3, 0.4) is 0 Å². The average Bonchev–Trinajstić information content (AvgIpc) is 2.84. The Hall–Kier alpha value is -1.09.